The molecule has 0 rings (SSSR count). The maximum atomic E-state index is 5.29. The third-order valence-corrected chi connectivity index (χ3v) is 1.24. The summed E-state index contributed by atoms with van der Waals surface area (Å²) < 4.78 is 14.9. The van der Waals surface area contributed by atoms with Crippen LogP contribution in [-0.4, -0.2) is 32.5 Å². The topological polar surface area (TPSA) is 27.7 Å². The molecular formula is C9H16O3. The van der Waals surface area contributed by atoms with Gasteiger partial charge >= 0.3 is 0 Å². The second-order valence-corrected chi connectivity index (χ2v) is 2.24. The van der Waals surface area contributed by atoms with Gasteiger partial charge in [0.25, 0.3) is 0 Å². The molecule has 2 radical (unpaired) electrons. The van der Waals surface area contributed by atoms with Crippen LogP contribution in [0.3, 0.4) is 0 Å². The summed E-state index contributed by atoms with van der Waals surface area (Å²) in [5.74, 6) is 0. The Morgan fingerprint density at radius 2 is 2.25 bits per heavy atom. The maximum absolute atomic E-state index is 5.29. The largest absolute Gasteiger partial charge is 0.379 e. The minimum atomic E-state index is -0.104. The second kappa shape index (κ2) is 8.71. The zero-order valence-corrected chi connectivity index (χ0v) is 7.49. The first-order valence-corrected chi connectivity index (χ1v) is 3.97. The Hall–Kier alpha value is -0.380. The van der Waals surface area contributed by atoms with Crippen molar-refractivity contribution < 1.29 is 14.2 Å². The van der Waals surface area contributed by atoms with Crippen molar-refractivity contribution in [3.05, 3.63) is 19.8 Å². The summed E-state index contributed by atoms with van der Waals surface area (Å²) in [4.78, 5) is 0. The third-order valence-electron chi connectivity index (χ3n) is 1.24. The van der Waals surface area contributed by atoms with Gasteiger partial charge in [-0.2, -0.15) is 0 Å². The van der Waals surface area contributed by atoms with E-state index >= 15 is 0 Å². The highest BCUT2D eigenvalue weighted by molar-refractivity contribution is 4.66. The van der Waals surface area contributed by atoms with Crippen molar-refractivity contribution in [2.75, 3.05) is 26.4 Å². The smallest absolute Gasteiger partial charge is 0.115 e. The monoisotopic (exact) mass is 172 g/mol. The molecule has 0 bridgehead atoms. The first-order valence-electron chi connectivity index (χ1n) is 3.97. The van der Waals surface area contributed by atoms with E-state index in [1.807, 2.05) is 6.92 Å². The predicted molar refractivity (Wildman–Crippen MR) is 46.7 cm³/mol. The first kappa shape index (κ1) is 11.6. The van der Waals surface area contributed by atoms with Crippen LogP contribution in [0.5, 0.6) is 0 Å². The van der Waals surface area contributed by atoms with Gasteiger partial charge < -0.3 is 14.2 Å². The summed E-state index contributed by atoms with van der Waals surface area (Å²) in [6, 6.07) is 0. The molecular weight excluding hydrogens is 156 g/mol. The van der Waals surface area contributed by atoms with Crippen molar-refractivity contribution >= 4 is 0 Å². The van der Waals surface area contributed by atoms with Crippen molar-refractivity contribution in [3.8, 4) is 0 Å². The molecule has 0 spiro atoms. The van der Waals surface area contributed by atoms with E-state index in [0.29, 0.717) is 26.4 Å². The van der Waals surface area contributed by atoms with E-state index in [0.717, 1.165) is 0 Å². The van der Waals surface area contributed by atoms with Gasteiger partial charge in [-0.25, -0.2) is 0 Å². The average molecular weight is 172 g/mol. The fraction of sp³-hybridized carbons (Fsp3) is 0.667. The Labute approximate surface area is 74.3 Å². The second-order valence-electron chi connectivity index (χ2n) is 2.24. The van der Waals surface area contributed by atoms with E-state index < -0.39 is 0 Å². The maximum Gasteiger partial charge on any atom is 0.115 e. The SMILES string of the molecule is [CH]OCC(COCC)OCC=C. The zero-order valence-electron chi connectivity index (χ0n) is 7.49. The van der Waals surface area contributed by atoms with Crippen LogP contribution in [0.15, 0.2) is 12.7 Å². The van der Waals surface area contributed by atoms with E-state index in [2.05, 4.69) is 11.3 Å². The Kier molecular flexibility index (Phi) is 8.44. The molecule has 3 heteroatoms. The van der Waals surface area contributed by atoms with Crippen molar-refractivity contribution in [1.29, 1.82) is 0 Å². The quantitative estimate of drug-likeness (QED) is 0.516. The fourth-order valence-corrected chi connectivity index (χ4v) is 0.705. The normalized spacial score (nSPS) is 12.8. The van der Waals surface area contributed by atoms with Gasteiger partial charge in [0.2, 0.25) is 0 Å². The molecule has 0 saturated heterocycles. The van der Waals surface area contributed by atoms with Gasteiger partial charge in [-0.3, -0.25) is 0 Å². The molecule has 1 unspecified atom stereocenters. The van der Waals surface area contributed by atoms with Gasteiger partial charge in [-0.05, 0) is 6.92 Å². The summed E-state index contributed by atoms with van der Waals surface area (Å²) in [6.45, 7) is 7.45. The molecule has 12 heavy (non-hydrogen) atoms. The van der Waals surface area contributed by atoms with Gasteiger partial charge in [0.15, 0.2) is 0 Å². The predicted octanol–water partition coefficient (Wildman–Crippen LogP) is 1.28. The molecule has 1 atom stereocenters. The Balaban J connectivity index is 3.46. The lowest BCUT2D eigenvalue weighted by molar-refractivity contribution is -0.0339. The number of ether oxygens (including phenoxy) is 3. The lowest BCUT2D eigenvalue weighted by Crippen LogP contribution is -2.24. The Morgan fingerprint density at radius 3 is 2.75 bits per heavy atom. The molecule has 3 nitrogen and oxygen atoms in total. The molecule has 0 saturated carbocycles. The highest BCUT2D eigenvalue weighted by Crippen LogP contribution is 1.94. The molecule has 0 aromatic heterocycles. The highest BCUT2D eigenvalue weighted by Gasteiger charge is 2.07. The first-order chi connectivity index (χ1) is 5.85. The molecule has 0 amide bonds. The zero-order chi connectivity index (χ0) is 9.23. The van der Waals surface area contributed by atoms with Gasteiger partial charge in [-0.15, -0.1) is 6.58 Å². The summed E-state index contributed by atoms with van der Waals surface area (Å²) in [5, 5.41) is 0. The average Bonchev–Trinajstić information content (AvgIpc) is 2.10. The standard InChI is InChI=1S/C9H16O3/c1-4-6-12-9(7-10-3)8-11-5-2/h3-4,9H,1,5-8H2,2H3. The van der Waals surface area contributed by atoms with Crippen LogP contribution in [0.25, 0.3) is 0 Å². The van der Waals surface area contributed by atoms with Crippen LogP contribution in [0.4, 0.5) is 0 Å². The Bertz CT molecular complexity index is 104. The number of hydrogen-bond donors (Lipinski definition) is 0. The van der Waals surface area contributed by atoms with Crippen molar-refractivity contribution in [3.63, 3.8) is 0 Å². The van der Waals surface area contributed by atoms with Crippen LogP contribution in [0, 0.1) is 7.11 Å². The molecule has 0 aliphatic heterocycles. The number of hydrogen-bond acceptors (Lipinski definition) is 3. The third kappa shape index (κ3) is 6.34. The van der Waals surface area contributed by atoms with Gasteiger partial charge in [0.05, 0.1) is 19.8 Å². The molecule has 0 heterocycles. The summed E-state index contributed by atoms with van der Waals surface area (Å²) in [7, 11) is 4.91. The lowest BCUT2D eigenvalue weighted by Gasteiger charge is -2.15. The van der Waals surface area contributed by atoms with Crippen LogP contribution < -0.4 is 0 Å². The van der Waals surface area contributed by atoms with Crippen molar-refractivity contribution in [1.82, 2.24) is 0 Å². The molecule has 0 aliphatic carbocycles. The molecule has 0 aromatic rings. The van der Waals surface area contributed by atoms with Crippen molar-refractivity contribution in [2.24, 2.45) is 0 Å². The molecule has 0 aromatic carbocycles. The minimum Gasteiger partial charge on any atom is -0.379 e. The minimum absolute atomic E-state index is 0.104. The van der Waals surface area contributed by atoms with Crippen LogP contribution >= 0.6 is 0 Å². The number of rotatable bonds is 8. The van der Waals surface area contributed by atoms with Gasteiger partial charge in [0, 0.05) is 6.61 Å². The molecule has 0 fully saturated rings. The summed E-state index contributed by atoms with van der Waals surface area (Å²) >= 11 is 0. The highest BCUT2D eigenvalue weighted by atomic mass is 16.6. The van der Waals surface area contributed by atoms with Crippen LogP contribution in [0.2, 0.25) is 0 Å². The van der Waals surface area contributed by atoms with E-state index in [-0.39, 0.29) is 6.10 Å². The van der Waals surface area contributed by atoms with Gasteiger partial charge in [0.1, 0.15) is 13.2 Å². The summed E-state index contributed by atoms with van der Waals surface area (Å²) in [6.07, 6.45) is 1.57. The van der Waals surface area contributed by atoms with E-state index in [9.17, 15) is 0 Å². The lowest BCUT2D eigenvalue weighted by atomic mass is 10.4. The van der Waals surface area contributed by atoms with E-state index in [1.165, 1.54) is 0 Å². The Morgan fingerprint density at radius 1 is 1.50 bits per heavy atom. The van der Waals surface area contributed by atoms with E-state index in [1.54, 1.807) is 6.08 Å². The van der Waals surface area contributed by atoms with Crippen molar-refractivity contribution in [2.45, 2.75) is 13.0 Å². The van der Waals surface area contributed by atoms with Crippen LogP contribution in [0.1, 0.15) is 6.92 Å². The molecule has 0 aliphatic rings. The molecule has 0 N–H and O–H groups in total. The molecule has 70 valence electrons. The fourth-order valence-electron chi connectivity index (χ4n) is 0.705. The van der Waals surface area contributed by atoms with Gasteiger partial charge in [-0.1, -0.05) is 6.08 Å². The van der Waals surface area contributed by atoms with E-state index in [4.69, 9.17) is 16.6 Å². The van der Waals surface area contributed by atoms with Crippen LogP contribution in [-0.2, 0) is 14.2 Å². The summed E-state index contributed by atoms with van der Waals surface area (Å²) in [5.41, 5.74) is 0.